The molecule has 0 heterocycles. The summed E-state index contributed by atoms with van der Waals surface area (Å²) in [5.74, 6) is -0.0864. The standard InChI is InChI=1S/C46H81NO3/c1-3-5-7-9-11-13-15-17-18-19-20-21-22-23-24-25-26-27-28-30-32-34-36-38-40-42-46(50)47-44(43-48)45(49)41-39-37-35-33-31-29-16-14-12-10-8-6-4-2/h12,14-15,17,19-20,22-23,31,33,39,41,44-45,48-49H,3-11,13,16,18,21,24-30,32,34-38,40,42-43H2,1-2H3,(H,47,50)/b14-12+,17-15-,20-19-,23-22-,33-31+,41-39+. The monoisotopic (exact) mass is 696 g/mol. The first-order chi connectivity index (χ1) is 24.7. The molecule has 4 heteroatoms. The second kappa shape index (κ2) is 41.3. The number of unbranched alkanes of at least 4 members (excludes halogenated alkanes) is 20. The highest BCUT2D eigenvalue weighted by Crippen LogP contribution is 2.13. The Morgan fingerprint density at radius 2 is 0.840 bits per heavy atom. The number of carbonyl (C=O) groups is 1. The summed E-state index contributed by atoms with van der Waals surface area (Å²) < 4.78 is 0. The van der Waals surface area contributed by atoms with E-state index in [9.17, 15) is 15.0 Å². The van der Waals surface area contributed by atoms with Crippen molar-refractivity contribution in [2.75, 3.05) is 6.61 Å². The summed E-state index contributed by atoms with van der Waals surface area (Å²) in [4.78, 5) is 12.4. The topological polar surface area (TPSA) is 69.6 Å². The van der Waals surface area contributed by atoms with Gasteiger partial charge in [0.1, 0.15) is 0 Å². The fraction of sp³-hybridized carbons (Fsp3) is 0.717. The molecule has 0 saturated carbocycles. The average molecular weight is 696 g/mol. The number of rotatable bonds is 37. The Labute approximate surface area is 310 Å². The highest BCUT2D eigenvalue weighted by molar-refractivity contribution is 5.76. The zero-order valence-corrected chi connectivity index (χ0v) is 32.9. The van der Waals surface area contributed by atoms with E-state index in [1.165, 1.54) is 122 Å². The maximum Gasteiger partial charge on any atom is 0.220 e. The van der Waals surface area contributed by atoms with Gasteiger partial charge in [-0.3, -0.25) is 4.79 Å². The Morgan fingerprint density at radius 1 is 0.480 bits per heavy atom. The molecule has 0 bridgehead atoms. The molecular formula is C46H81NO3. The lowest BCUT2D eigenvalue weighted by Gasteiger charge is -2.19. The Kier molecular flexibility index (Phi) is 39.5. The van der Waals surface area contributed by atoms with Crippen molar-refractivity contribution in [2.24, 2.45) is 0 Å². The van der Waals surface area contributed by atoms with Crippen LogP contribution in [0.5, 0.6) is 0 Å². The van der Waals surface area contributed by atoms with E-state index in [4.69, 9.17) is 0 Å². The number of nitrogens with one attached hydrogen (secondary N) is 1. The normalized spacial score (nSPS) is 13.8. The van der Waals surface area contributed by atoms with Gasteiger partial charge in [0.05, 0.1) is 18.8 Å². The van der Waals surface area contributed by atoms with Crippen LogP contribution >= 0.6 is 0 Å². The fourth-order valence-electron chi connectivity index (χ4n) is 5.86. The van der Waals surface area contributed by atoms with Gasteiger partial charge in [-0.05, 0) is 83.5 Å². The zero-order chi connectivity index (χ0) is 36.4. The summed E-state index contributed by atoms with van der Waals surface area (Å²) in [5, 5.41) is 22.9. The molecule has 0 aromatic carbocycles. The van der Waals surface area contributed by atoms with Crippen molar-refractivity contribution in [2.45, 2.75) is 206 Å². The molecule has 0 saturated heterocycles. The van der Waals surface area contributed by atoms with Crippen molar-refractivity contribution in [1.82, 2.24) is 5.32 Å². The molecule has 0 aliphatic heterocycles. The molecule has 2 atom stereocenters. The molecule has 0 fully saturated rings. The predicted octanol–water partition coefficient (Wildman–Crippen LogP) is 13.1. The number of hydrogen-bond donors (Lipinski definition) is 3. The molecule has 1 amide bonds. The lowest BCUT2D eigenvalue weighted by molar-refractivity contribution is -0.123. The van der Waals surface area contributed by atoms with Gasteiger partial charge in [0.2, 0.25) is 5.91 Å². The number of allylic oxidation sites excluding steroid dienone is 11. The Balaban J connectivity index is 3.63. The van der Waals surface area contributed by atoms with E-state index in [0.717, 1.165) is 51.4 Å². The molecule has 288 valence electrons. The number of carbonyl (C=O) groups excluding carboxylic acids is 1. The lowest BCUT2D eigenvalue weighted by Crippen LogP contribution is -2.45. The van der Waals surface area contributed by atoms with E-state index in [1.807, 2.05) is 6.08 Å². The first-order valence-electron chi connectivity index (χ1n) is 21.2. The number of amides is 1. The SMILES string of the molecule is CCCCC/C=C/CC/C=C/CC/C=C/C(O)C(CO)NC(=O)CCCCCCCCCCCC/C=C\C/C=C\C/C=C\CCCCCCC. The van der Waals surface area contributed by atoms with E-state index in [1.54, 1.807) is 6.08 Å². The average Bonchev–Trinajstić information content (AvgIpc) is 3.12. The highest BCUT2D eigenvalue weighted by atomic mass is 16.3. The van der Waals surface area contributed by atoms with E-state index in [2.05, 4.69) is 79.9 Å². The van der Waals surface area contributed by atoms with Crippen molar-refractivity contribution < 1.29 is 15.0 Å². The number of aliphatic hydroxyl groups excluding tert-OH is 2. The molecule has 2 unspecified atom stereocenters. The first-order valence-corrected chi connectivity index (χ1v) is 21.2. The second-order valence-electron chi connectivity index (χ2n) is 14.0. The third-order valence-corrected chi connectivity index (χ3v) is 9.14. The quantitative estimate of drug-likeness (QED) is 0.0447. The molecule has 50 heavy (non-hydrogen) atoms. The van der Waals surface area contributed by atoms with Crippen molar-refractivity contribution in [3.63, 3.8) is 0 Å². The van der Waals surface area contributed by atoms with Crippen molar-refractivity contribution >= 4 is 5.91 Å². The minimum Gasteiger partial charge on any atom is -0.394 e. The Bertz CT molecular complexity index is 884. The van der Waals surface area contributed by atoms with Crippen LogP contribution in [0.25, 0.3) is 0 Å². The molecule has 0 radical (unpaired) electrons. The summed E-state index contributed by atoms with van der Waals surface area (Å²) in [6, 6.07) is -0.649. The van der Waals surface area contributed by atoms with Gasteiger partial charge in [0.15, 0.2) is 0 Å². The zero-order valence-electron chi connectivity index (χ0n) is 32.9. The molecule has 0 aromatic rings. The van der Waals surface area contributed by atoms with E-state index in [-0.39, 0.29) is 12.5 Å². The van der Waals surface area contributed by atoms with Gasteiger partial charge in [-0.25, -0.2) is 0 Å². The summed E-state index contributed by atoms with van der Waals surface area (Å²) in [6.45, 7) is 4.23. The van der Waals surface area contributed by atoms with Gasteiger partial charge >= 0.3 is 0 Å². The Morgan fingerprint density at radius 3 is 1.34 bits per heavy atom. The van der Waals surface area contributed by atoms with Crippen LogP contribution in [0.1, 0.15) is 194 Å². The minimum atomic E-state index is -0.873. The number of aliphatic hydroxyl groups is 2. The van der Waals surface area contributed by atoms with Crippen LogP contribution in [-0.4, -0.2) is 34.9 Å². The van der Waals surface area contributed by atoms with Gasteiger partial charge in [-0.1, -0.05) is 177 Å². The van der Waals surface area contributed by atoms with Crippen LogP contribution in [0, 0.1) is 0 Å². The smallest absolute Gasteiger partial charge is 0.220 e. The van der Waals surface area contributed by atoms with Crippen molar-refractivity contribution in [3.05, 3.63) is 72.9 Å². The van der Waals surface area contributed by atoms with E-state index < -0.39 is 12.1 Å². The van der Waals surface area contributed by atoms with Gasteiger partial charge in [0.25, 0.3) is 0 Å². The maximum atomic E-state index is 12.4. The largest absolute Gasteiger partial charge is 0.394 e. The minimum absolute atomic E-state index is 0.0864. The molecule has 0 aliphatic carbocycles. The van der Waals surface area contributed by atoms with Crippen molar-refractivity contribution in [1.29, 1.82) is 0 Å². The van der Waals surface area contributed by atoms with Crippen molar-refractivity contribution in [3.8, 4) is 0 Å². The molecule has 3 N–H and O–H groups in total. The molecule has 0 spiro atoms. The van der Waals surface area contributed by atoms with Crippen LogP contribution in [0.3, 0.4) is 0 Å². The van der Waals surface area contributed by atoms with Gasteiger partial charge < -0.3 is 15.5 Å². The van der Waals surface area contributed by atoms with Crippen LogP contribution in [0.4, 0.5) is 0 Å². The van der Waals surface area contributed by atoms with Crippen LogP contribution in [-0.2, 0) is 4.79 Å². The third kappa shape index (κ3) is 37.1. The van der Waals surface area contributed by atoms with Crippen LogP contribution in [0.15, 0.2) is 72.9 Å². The maximum absolute atomic E-state index is 12.4. The lowest BCUT2D eigenvalue weighted by atomic mass is 10.0. The number of hydrogen-bond acceptors (Lipinski definition) is 3. The molecule has 0 aromatic heterocycles. The molecule has 0 aliphatic rings. The van der Waals surface area contributed by atoms with E-state index in [0.29, 0.717) is 6.42 Å². The van der Waals surface area contributed by atoms with Gasteiger partial charge in [-0.2, -0.15) is 0 Å². The first kappa shape index (κ1) is 47.8. The third-order valence-electron chi connectivity index (χ3n) is 9.14. The summed E-state index contributed by atoms with van der Waals surface area (Å²) in [5.41, 5.74) is 0. The second-order valence-corrected chi connectivity index (χ2v) is 14.0. The molecule has 0 rings (SSSR count). The molecule has 4 nitrogen and oxygen atoms in total. The highest BCUT2D eigenvalue weighted by Gasteiger charge is 2.17. The van der Waals surface area contributed by atoms with E-state index >= 15 is 0 Å². The van der Waals surface area contributed by atoms with Gasteiger partial charge in [-0.15, -0.1) is 0 Å². The van der Waals surface area contributed by atoms with Gasteiger partial charge in [0, 0.05) is 6.42 Å². The predicted molar refractivity (Wildman–Crippen MR) is 220 cm³/mol. The van der Waals surface area contributed by atoms with Crippen LogP contribution in [0.2, 0.25) is 0 Å². The Hall–Kier alpha value is -2.17. The molecular weight excluding hydrogens is 615 g/mol. The fourth-order valence-corrected chi connectivity index (χ4v) is 5.86. The summed E-state index contributed by atoms with van der Waals surface area (Å²) in [7, 11) is 0. The summed E-state index contributed by atoms with van der Waals surface area (Å²) >= 11 is 0. The summed E-state index contributed by atoms with van der Waals surface area (Å²) in [6.07, 6.45) is 58.6. The van der Waals surface area contributed by atoms with Crippen LogP contribution < -0.4 is 5.32 Å².